The highest BCUT2D eigenvalue weighted by atomic mass is 32.2. The summed E-state index contributed by atoms with van der Waals surface area (Å²) < 4.78 is 33.5. The smallest absolute Gasteiger partial charge is 0.289 e. The van der Waals surface area contributed by atoms with Crippen molar-refractivity contribution < 1.29 is 17.6 Å². The molecule has 0 bridgehead atoms. The molecule has 0 N–H and O–H groups in total. The third-order valence-corrected chi connectivity index (χ3v) is 7.61. The lowest BCUT2D eigenvalue weighted by atomic mass is 10.0. The molecule has 27 heavy (non-hydrogen) atoms. The largest absolute Gasteiger partial charge is 0.451 e. The van der Waals surface area contributed by atoms with E-state index < -0.39 is 10.0 Å². The quantitative estimate of drug-likeness (QED) is 0.805. The minimum atomic E-state index is -3.53. The normalized spacial score (nSPS) is 21.9. The molecule has 146 valence electrons. The van der Waals surface area contributed by atoms with Crippen molar-refractivity contribution in [2.75, 3.05) is 26.2 Å². The number of sulfonamides is 1. The molecule has 2 fully saturated rings. The average Bonchev–Trinajstić information content (AvgIpc) is 3.29. The fourth-order valence-corrected chi connectivity index (χ4v) is 5.77. The molecule has 2 aliphatic rings. The highest BCUT2D eigenvalue weighted by molar-refractivity contribution is 7.89. The molecule has 1 atom stereocenters. The van der Waals surface area contributed by atoms with Crippen LogP contribution in [0.2, 0.25) is 0 Å². The van der Waals surface area contributed by atoms with Crippen molar-refractivity contribution in [1.29, 1.82) is 0 Å². The summed E-state index contributed by atoms with van der Waals surface area (Å²) in [5, 5.41) is 0.698. The number of aryl methyl sites for hydroxylation is 1. The van der Waals surface area contributed by atoms with E-state index in [2.05, 4.69) is 6.92 Å². The monoisotopic (exact) mass is 390 g/mol. The molecule has 4 rings (SSSR count). The van der Waals surface area contributed by atoms with Crippen molar-refractivity contribution in [3.05, 3.63) is 29.5 Å². The van der Waals surface area contributed by atoms with Crippen LogP contribution >= 0.6 is 0 Å². The van der Waals surface area contributed by atoms with Crippen LogP contribution < -0.4 is 0 Å². The van der Waals surface area contributed by atoms with Gasteiger partial charge in [-0.3, -0.25) is 4.79 Å². The summed E-state index contributed by atoms with van der Waals surface area (Å²) in [6, 6.07) is 4.91. The Bertz CT molecular complexity index is 973. The number of carbonyl (C=O) groups is 1. The van der Waals surface area contributed by atoms with Gasteiger partial charge in [-0.25, -0.2) is 8.42 Å². The van der Waals surface area contributed by atoms with Crippen LogP contribution in [0.15, 0.2) is 27.5 Å². The first-order valence-electron chi connectivity index (χ1n) is 9.70. The molecule has 7 heteroatoms. The van der Waals surface area contributed by atoms with Gasteiger partial charge in [0.25, 0.3) is 5.91 Å². The lowest BCUT2D eigenvalue weighted by Gasteiger charge is -2.30. The van der Waals surface area contributed by atoms with Gasteiger partial charge in [-0.1, -0.05) is 6.92 Å². The van der Waals surface area contributed by atoms with E-state index in [-0.39, 0.29) is 10.8 Å². The predicted molar refractivity (Wildman–Crippen MR) is 103 cm³/mol. The number of hydrogen-bond acceptors (Lipinski definition) is 4. The number of rotatable bonds is 3. The van der Waals surface area contributed by atoms with Crippen LogP contribution in [-0.4, -0.2) is 49.7 Å². The summed E-state index contributed by atoms with van der Waals surface area (Å²) in [5.41, 5.74) is 1.27. The molecule has 2 aliphatic heterocycles. The van der Waals surface area contributed by atoms with E-state index in [4.69, 9.17) is 4.42 Å². The zero-order valence-corrected chi connectivity index (χ0v) is 16.7. The van der Waals surface area contributed by atoms with Crippen LogP contribution in [0.3, 0.4) is 0 Å². The first kappa shape index (κ1) is 18.5. The number of piperidine rings is 1. The Labute approximate surface area is 160 Å². The Balaban J connectivity index is 1.70. The Kier molecular flexibility index (Phi) is 4.76. The molecular weight excluding hydrogens is 364 g/mol. The van der Waals surface area contributed by atoms with Crippen LogP contribution in [0.4, 0.5) is 0 Å². The van der Waals surface area contributed by atoms with Crippen LogP contribution in [0.1, 0.15) is 48.7 Å². The molecular formula is C20H26N2O4S. The van der Waals surface area contributed by atoms with Gasteiger partial charge in [0.2, 0.25) is 10.0 Å². The number of furan rings is 1. The summed E-state index contributed by atoms with van der Waals surface area (Å²) in [4.78, 5) is 14.8. The third-order valence-electron chi connectivity index (χ3n) is 5.75. The van der Waals surface area contributed by atoms with Crippen LogP contribution in [0, 0.1) is 12.8 Å². The number of nitrogens with zero attached hydrogens (tertiary/aromatic N) is 2. The predicted octanol–water partition coefficient (Wildman–Crippen LogP) is 3.40. The van der Waals surface area contributed by atoms with E-state index in [1.165, 1.54) is 0 Å². The Morgan fingerprint density at radius 2 is 1.89 bits per heavy atom. The minimum absolute atomic E-state index is 0.101. The SMILES string of the molecule is Cc1c(C(=O)N2CCCC2)oc2ccc(S(=O)(=O)N3CCCC(C)C3)cc12. The molecule has 0 aliphatic carbocycles. The first-order chi connectivity index (χ1) is 12.9. The molecule has 6 nitrogen and oxygen atoms in total. The van der Waals surface area contributed by atoms with Gasteiger partial charge in [-0.2, -0.15) is 4.31 Å². The number of hydrogen-bond donors (Lipinski definition) is 0. The second kappa shape index (κ2) is 6.95. The Morgan fingerprint density at radius 3 is 2.59 bits per heavy atom. The van der Waals surface area contributed by atoms with Gasteiger partial charge in [-0.05, 0) is 56.7 Å². The van der Waals surface area contributed by atoms with Crippen molar-refractivity contribution in [2.24, 2.45) is 5.92 Å². The van der Waals surface area contributed by atoms with Crippen LogP contribution in [0.25, 0.3) is 11.0 Å². The van der Waals surface area contributed by atoms with E-state index in [1.807, 2.05) is 6.92 Å². The fraction of sp³-hybridized carbons (Fsp3) is 0.550. The van der Waals surface area contributed by atoms with Gasteiger partial charge in [0, 0.05) is 37.1 Å². The Hall–Kier alpha value is -1.86. The lowest BCUT2D eigenvalue weighted by Crippen LogP contribution is -2.39. The summed E-state index contributed by atoms with van der Waals surface area (Å²) in [7, 11) is -3.53. The van der Waals surface area contributed by atoms with Crippen molar-refractivity contribution in [3.8, 4) is 0 Å². The third kappa shape index (κ3) is 3.27. The molecule has 1 aromatic carbocycles. The summed E-state index contributed by atoms with van der Waals surface area (Å²) in [6.45, 7) is 6.54. The van der Waals surface area contributed by atoms with Gasteiger partial charge in [0.05, 0.1) is 4.90 Å². The van der Waals surface area contributed by atoms with Gasteiger partial charge >= 0.3 is 0 Å². The number of fused-ring (bicyclic) bond motifs is 1. The maximum absolute atomic E-state index is 13.1. The number of carbonyl (C=O) groups excluding carboxylic acids is 1. The standard InChI is InChI=1S/C20H26N2O4S/c1-14-6-5-11-22(13-14)27(24,25)16-7-8-18-17(12-16)15(2)19(26-18)20(23)21-9-3-4-10-21/h7-8,12,14H,3-6,9-11,13H2,1-2H3. The summed E-state index contributed by atoms with van der Waals surface area (Å²) in [5.74, 6) is 0.598. The molecule has 2 aromatic rings. The van der Waals surface area contributed by atoms with E-state index in [0.717, 1.165) is 38.8 Å². The molecule has 0 radical (unpaired) electrons. The van der Waals surface area contributed by atoms with Gasteiger partial charge in [0.1, 0.15) is 5.58 Å². The minimum Gasteiger partial charge on any atom is -0.451 e. The van der Waals surface area contributed by atoms with E-state index in [1.54, 1.807) is 27.4 Å². The van der Waals surface area contributed by atoms with Gasteiger partial charge < -0.3 is 9.32 Å². The summed E-state index contributed by atoms with van der Waals surface area (Å²) >= 11 is 0. The second-order valence-electron chi connectivity index (χ2n) is 7.82. The fourth-order valence-electron chi connectivity index (χ4n) is 4.14. The first-order valence-corrected chi connectivity index (χ1v) is 11.1. The zero-order chi connectivity index (χ0) is 19.2. The molecule has 3 heterocycles. The molecule has 1 amide bonds. The summed E-state index contributed by atoms with van der Waals surface area (Å²) in [6.07, 6.45) is 3.99. The molecule has 1 unspecified atom stereocenters. The average molecular weight is 391 g/mol. The van der Waals surface area contributed by atoms with Gasteiger partial charge in [0.15, 0.2) is 5.76 Å². The topological polar surface area (TPSA) is 70.8 Å². The maximum atomic E-state index is 13.1. The molecule has 0 saturated carbocycles. The van der Waals surface area contributed by atoms with Crippen molar-refractivity contribution in [1.82, 2.24) is 9.21 Å². The molecule has 1 aromatic heterocycles. The number of amides is 1. The zero-order valence-electron chi connectivity index (χ0n) is 15.9. The Morgan fingerprint density at radius 1 is 1.15 bits per heavy atom. The van der Waals surface area contributed by atoms with Crippen LogP contribution in [-0.2, 0) is 10.0 Å². The molecule has 0 spiro atoms. The lowest BCUT2D eigenvalue weighted by molar-refractivity contribution is 0.0762. The maximum Gasteiger partial charge on any atom is 0.289 e. The van der Waals surface area contributed by atoms with Crippen LogP contribution in [0.5, 0.6) is 0 Å². The van der Waals surface area contributed by atoms with E-state index in [0.29, 0.717) is 41.3 Å². The van der Waals surface area contributed by atoms with Crippen molar-refractivity contribution >= 4 is 26.9 Å². The second-order valence-corrected chi connectivity index (χ2v) is 9.76. The highest BCUT2D eigenvalue weighted by Gasteiger charge is 2.30. The number of likely N-dealkylation sites (tertiary alicyclic amines) is 1. The van der Waals surface area contributed by atoms with Crippen molar-refractivity contribution in [3.63, 3.8) is 0 Å². The van der Waals surface area contributed by atoms with E-state index >= 15 is 0 Å². The van der Waals surface area contributed by atoms with Gasteiger partial charge in [-0.15, -0.1) is 0 Å². The number of benzene rings is 1. The highest BCUT2D eigenvalue weighted by Crippen LogP contribution is 2.31. The molecule has 2 saturated heterocycles. The van der Waals surface area contributed by atoms with E-state index in [9.17, 15) is 13.2 Å². The van der Waals surface area contributed by atoms with Crippen molar-refractivity contribution in [2.45, 2.75) is 44.4 Å².